The highest BCUT2D eigenvalue weighted by atomic mass is 79.9. The molecule has 1 fully saturated rings. The Morgan fingerprint density at radius 1 is 1.50 bits per heavy atom. The van der Waals surface area contributed by atoms with Crippen LogP contribution in [0.1, 0.15) is 6.42 Å². The first-order chi connectivity index (χ1) is 8.30. The molecule has 0 bridgehead atoms. The van der Waals surface area contributed by atoms with Gasteiger partial charge in [-0.05, 0) is 15.9 Å². The molecular formula is C8H8BrClN4O3S. The molecule has 1 amide bonds. The molecule has 2 N–H and O–H groups in total. The average molecular weight is 356 g/mol. The maximum Gasteiger partial charge on any atom is 0.229 e. The van der Waals surface area contributed by atoms with Gasteiger partial charge in [-0.25, -0.2) is 23.5 Å². The van der Waals surface area contributed by atoms with Crippen LogP contribution < -0.4 is 10.0 Å². The first-order valence-electron chi connectivity index (χ1n) is 4.78. The van der Waals surface area contributed by atoms with Crippen LogP contribution in [0, 0.1) is 0 Å². The van der Waals surface area contributed by atoms with Gasteiger partial charge in [0, 0.05) is 13.0 Å². The molecule has 0 saturated carbocycles. The van der Waals surface area contributed by atoms with Crippen molar-refractivity contribution < 1.29 is 13.2 Å². The number of hydrogen-bond donors (Lipinski definition) is 1. The highest BCUT2D eigenvalue weighted by molar-refractivity contribution is 9.10. The minimum Gasteiger partial charge on any atom is -0.294 e. The molecule has 10 heteroatoms. The van der Waals surface area contributed by atoms with Crippen molar-refractivity contribution in [3.8, 4) is 0 Å². The number of nitrogens with two attached hydrogens (primary N) is 1. The molecule has 0 aliphatic carbocycles. The Balaban J connectivity index is 2.36. The van der Waals surface area contributed by atoms with Gasteiger partial charge in [-0.3, -0.25) is 9.69 Å². The van der Waals surface area contributed by atoms with Crippen molar-refractivity contribution in [1.82, 2.24) is 9.97 Å². The van der Waals surface area contributed by atoms with E-state index in [4.69, 9.17) is 16.7 Å². The summed E-state index contributed by atoms with van der Waals surface area (Å²) < 4.78 is 22.8. The standard InChI is InChI=1S/C8H8BrClN4O3S/c9-6-7(10)12-3-13-8(6)14-2-4(1-5(14)15)18(11,16)17/h3-4H,1-2H2,(H2,11,16,17). The lowest BCUT2D eigenvalue weighted by Gasteiger charge is -2.16. The first kappa shape index (κ1) is 13.7. The molecule has 1 aliphatic heterocycles. The number of carbonyl (C=O) groups excluding carboxylic acids is 1. The van der Waals surface area contributed by atoms with Crippen LogP contribution in [-0.2, 0) is 14.8 Å². The lowest BCUT2D eigenvalue weighted by molar-refractivity contribution is -0.117. The van der Waals surface area contributed by atoms with Gasteiger partial charge in [-0.1, -0.05) is 11.6 Å². The second-order valence-corrected chi connectivity index (χ2v) is 6.72. The molecule has 18 heavy (non-hydrogen) atoms. The Morgan fingerprint density at radius 3 is 2.72 bits per heavy atom. The molecule has 1 aromatic rings. The largest absolute Gasteiger partial charge is 0.294 e. The van der Waals surface area contributed by atoms with Crippen LogP contribution in [0.25, 0.3) is 0 Å². The molecule has 2 rings (SSSR count). The number of rotatable bonds is 2. The van der Waals surface area contributed by atoms with Crippen LogP contribution in [0.3, 0.4) is 0 Å². The van der Waals surface area contributed by atoms with Gasteiger partial charge in [0.25, 0.3) is 0 Å². The van der Waals surface area contributed by atoms with Crippen LogP contribution in [0.15, 0.2) is 10.8 Å². The van der Waals surface area contributed by atoms with E-state index in [1.165, 1.54) is 11.2 Å². The van der Waals surface area contributed by atoms with Gasteiger partial charge in [0.05, 0.1) is 4.47 Å². The highest BCUT2D eigenvalue weighted by Gasteiger charge is 2.38. The molecule has 1 saturated heterocycles. The molecule has 1 aliphatic rings. The van der Waals surface area contributed by atoms with Crippen molar-refractivity contribution in [3.05, 3.63) is 16.0 Å². The van der Waals surface area contributed by atoms with Crippen LogP contribution in [-0.4, -0.2) is 36.1 Å². The fourth-order valence-corrected chi connectivity index (χ4v) is 2.91. The number of carbonyl (C=O) groups is 1. The lowest BCUT2D eigenvalue weighted by atomic mass is 10.4. The summed E-state index contributed by atoms with van der Waals surface area (Å²) in [7, 11) is -3.75. The van der Waals surface area contributed by atoms with E-state index in [1.807, 2.05) is 0 Å². The summed E-state index contributed by atoms with van der Waals surface area (Å²) in [4.78, 5) is 20.7. The molecule has 98 valence electrons. The summed E-state index contributed by atoms with van der Waals surface area (Å²) in [6.07, 6.45) is 1.03. The van der Waals surface area contributed by atoms with Crippen molar-refractivity contribution in [3.63, 3.8) is 0 Å². The maximum atomic E-state index is 11.8. The van der Waals surface area contributed by atoms with Gasteiger partial charge >= 0.3 is 0 Å². The molecular weight excluding hydrogens is 348 g/mol. The van der Waals surface area contributed by atoms with E-state index in [9.17, 15) is 13.2 Å². The molecule has 2 heterocycles. The number of halogens is 2. The van der Waals surface area contributed by atoms with Crippen LogP contribution >= 0.6 is 27.5 Å². The normalized spacial score (nSPS) is 20.5. The topological polar surface area (TPSA) is 106 Å². The maximum absolute atomic E-state index is 11.8. The van der Waals surface area contributed by atoms with Crippen molar-refractivity contribution in [1.29, 1.82) is 0 Å². The minimum absolute atomic E-state index is 0.0381. The zero-order valence-electron chi connectivity index (χ0n) is 8.88. The predicted octanol–water partition coefficient (Wildman–Crippen LogP) is 0.286. The van der Waals surface area contributed by atoms with E-state index < -0.39 is 15.3 Å². The van der Waals surface area contributed by atoms with E-state index >= 15 is 0 Å². The molecule has 7 nitrogen and oxygen atoms in total. The second kappa shape index (κ2) is 4.72. The summed E-state index contributed by atoms with van der Waals surface area (Å²) in [5.74, 6) is -0.129. The number of nitrogens with zero attached hydrogens (tertiary/aromatic N) is 3. The van der Waals surface area contributed by atoms with Gasteiger partial charge < -0.3 is 0 Å². The summed E-state index contributed by atoms with van der Waals surface area (Å²) in [5.41, 5.74) is 0. The van der Waals surface area contributed by atoms with Crippen molar-refractivity contribution in [2.45, 2.75) is 11.7 Å². The number of amides is 1. The van der Waals surface area contributed by atoms with Crippen LogP contribution in [0.2, 0.25) is 5.15 Å². The number of aromatic nitrogens is 2. The van der Waals surface area contributed by atoms with E-state index in [2.05, 4.69) is 25.9 Å². The Hall–Kier alpha value is -0.770. The Labute approximate surface area is 117 Å². The van der Waals surface area contributed by atoms with E-state index in [0.29, 0.717) is 4.47 Å². The second-order valence-electron chi connectivity index (χ2n) is 3.72. The van der Waals surface area contributed by atoms with Crippen LogP contribution in [0.5, 0.6) is 0 Å². The molecule has 1 unspecified atom stereocenters. The lowest BCUT2D eigenvalue weighted by Crippen LogP contribution is -2.32. The third-order valence-electron chi connectivity index (χ3n) is 2.54. The monoisotopic (exact) mass is 354 g/mol. The number of primary sulfonamides is 1. The van der Waals surface area contributed by atoms with Gasteiger partial charge in [-0.2, -0.15) is 0 Å². The zero-order chi connectivity index (χ0) is 13.5. The van der Waals surface area contributed by atoms with Gasteiger partial charge in [0.15, 0.2) is 5.82 Å². The van der Waals surface area contributed by atoms with Crippen molar-refractivity contribution in [2.24, 2.45) is 5.14 Å². The number of hydrogen-bond acceptors (Lipinski definition) is 5. The summed E-state index contributed by atoms with van der Waals surface area (Å²) in [6.45, 7) is -0.0381. The fraction of sp³-hybridized carbons (Fsp3) is 0.375. The quantitative estimate of drug-likeness (QED) is 0.767. The fourth-order valence-electron chi connectivity index (χ4n) is 1.63. The van der Waals surface area contributed by atoms with E-state index in [0.717, 1.165) is 0 Å². The van der Waals surface area contributed by atoms with Gasteiger partial charge in [0.1, 0.15) is 16.7 Å². The molecule has 0 radical (unpaired) electrons. The SMILES string of the molecule is NS(=O)(=O)C1CC(=O)N(c2ncnc(Cl)c2Br)C1. The first-order valence-corrected chi connectivity index (χ1v) is 7.56. The van der Waals surface area contributed by atoms with Gasteiger partial charge in [-0.15, -0.1) is 0 Å². The van der Waals surface area contributed by atoms with E-state index in [-0.39, 0.29) is 29.8 Å². The number of anilines is 1. The summed E-state index contributed by atoms with van der Waals surface area (Å²) in [6, 6.07) is 0. The Kier molecular flexibility index (Phi) is 3.58. The van der Waals surface area contributed by atoms with E-state index in [1.54, 1.807) is 0 Å². The number of sulfonamides is 1. The smallest absolute Gasteiger partial charge is 0.229 e. The Morgan fingerprint density at radius 2 is 2.17 bits per heavy atom. The zero-order valence-corrected chi connectivity index (χ0v) is 12.0. The van der Waals surface area contributed by atoms with Crippen molar-refractivity contribution >= 4 is 49.3 Å². The van der Waals surface area contributed by atoms with Crippen LogP contribution in [0.4, 0.5) is 5.82 Å². The minimum atomic E-state index is -3.75. The summed E-state index contributed by atoms with van der Waals surface area (Å²) >= 11 is 8.94. The molecule has 1 aromatic heterocycles. The van der Waals surface area contributed by atoms with Gasteiger partial charge in [0.2, 0.25) is 15.9 Å². The molecule has 0 aromatic carbocycles. The third kappa shape index (κ3) is 2.48. The average Bonchev–Trinajstić information content (AvgIpc) is 2.64. The predicted molar refractivity (Wildman–Crippen MR) is 68.6 cm³/mol. The molecule has 0 spiro atoms. The van der Waals surface area contributed by atoms with Crippen molar-refractivity contribution in [2.75, 3.05) is 11.4 Å². The highest BCUT2D eigenvalue weighted by Crippen LogP contribution is 2.32. The molecule has 1 atom stereocenters. The summed E-state index contributed by atoms with van der Waals surface area (Å²) in [5, 5.41) is 4.25. The third-order valence-corrected chi connectivity index (χ3v) is 5.03. The Bertz CT molecular complexity index is 608.